The molecule has 0 unspecified atom stereocenters. The highest BCUT2D eigenvalue weighted by atomic mass is 35.5. The summed E-state index contributed by atoms with van der Waals surface area (Å²) in [6.07, 6.45) is 1.23. The molecule has 0 spiro atoms. The molecule has 4 nitrogen and oxygen atoms in total. The molecule has 1 N–H and O–H groups in total. The summed E-state index contributed by atoms with van der Waals surface area (Å²) < 4.78 is 5.73. The van der Waals surface area contributed by atoms with E-state index in [2.05, 4.69) is 24.9 Å². The third-order valence-electron chi connectivity index (χ3n) is 3.14. The van der Waals surface area contributed by atoms with Crippen molar-refractivity contribution in [1.29, 1.82) is 0 Å². The van der Waals surface area contributed by atoms with E-state index in [1.165, 1.54) is 12.3 Å². The van der Waals surface area contributed by atoms with E-state index in [0.717, 1.165) is 11.1 Å². The number of hydrogen-bond donors (Lipinski definition) is 1. The van der Waals surface area contributed by atoms with Gasteiger partial charge in [-0.2, -0.15) is 0 Å². The molecule has 5 heteroatoms. The van der Waals surface area contributed by atoms with Crippen LogP contribution in [0.15, 0.2) is 30.5 Å². The Hall–Kier alpha value is -2.07. The number of aryl methyl sites for hydroxylation is 1. The van der Waals surface area contributed by atoms with Crippen molar-refractivity contribution < 1.29 is 14.6 Å². The fraction of sp³-hybridized carbons (Fsp3) is 0.250. The van der Waals surface area contributed by atoms with Gasteiger partial charge in [0.15, 0.2) is 0 Å². The van der Waals surface area contributed by atoms with Crippen LogP contribution in [0, 0.1) is 6.92 Å². The standard InChI is InChI=1S/C16H16ClNO3/c1-9(2)11-5-4-10(3)14(7-11)21-15-13(17)6-12(8-18-15)16(19)20/h4-9H,1-3H3,(H,19,20). The monoisotopic (exact) mass is 305 g/mol. The second-order valence-corrected chi connectivity index (χ2v) is 5.51. The van der Waals surface area contributed by atoms with Gasteiger partial charge < -0.3 is 9.84 Å². The van der Waals surface area contributed by atoms with Crippen LogP contribution in [0.2, 0.25) is 5.02 Å². The summed E-state index contributed by atoms with van der Waals surface area (Å²) >= 11 is 6.03. The fourth-order valence-corrected chi connectivity index (χ4v) is 2.01. The molecule has 0 saturated carbocycles. The van der Waals surface area contributed by atoms with E-state index in [0.29, 0.717) is 11.7 Å². The molecule has 0 aliphatic carbocycles. The molecule has 1 heterocycles. The van der Waals surface area contributed by atoms with Crippen LogP contribution >= 0.6 is 11.6 Å². The second kappa shape index (κ2) is 6.14. The minimum Gasteiger partial charge on any atom is -0.478 e. The zero-order valence-corrected chi connectivity index (χ0v) is 12.8. The average Bonchev–Trinajstić information content (AvgIpc) is 2.42. The Morgan fingerprint density at radius 2 is 2.05 bits per heavy atom. The van der Waals surface area contributed by atoms with Crippen LogP contribution in [0.1, 0.15) is 41.3 Å². The van der Waals surface area contributed by atoms with Gasteiger partial charge >= 0.3 is 5.97 Å². The topological polar surface area (TPSA) is 59.4 Å². The van der Waals surface area contributed by atoms with Crippen LogP contribution in [-0.4, -0.2) is 16.1 Å². The number of benzene rings is 1. The van der Waals surface area contributed by atoms with Gasteiger partial charge in [0.25, 0.3) is 0 Å². The van der Waals surface area contributed by atoms with Gasteiger partial charge in [-0.3, -0.25) is 0 Å². The number of carboxylic acid groups (broad SMARTS) is 1. The molecule has 0 atom stereocenters. The maximum atomic E-state index is 10.9. The van der Waals surface area contributed by atoms with Crippen molar-refractivity contribution >= 4 is 17.6 Å². The Labute approximate surface area is 128 Å². The summed E-state index contributed by atoms with van der Waals surface area (Å²) in [7, 11) is 0. The van der Waals surface area contributed by atoms with E-state index in [-0.39, 0.29) is 16.5 Å². The number of aromatic nitrogens is 1. The largest absolute Gasteiger partial charge is 0.478 e. The molecule has 21 heavy (non-hydrogen) atoms. The van der Waals surface area contributed by atoms with Crippen LogP contribution in [0.5, 0.6) is 11.6 Å². The van der Waals surface area contributed by atoms with Crippen LogP contribution in [0.3, 0.4) is 0 Å². The summed E-state index contributed by atoms with van der Waals surface area (Å²) in [5.41, 5.74) is 2.13. The minimum atomic E-state index is -1.08. The highest BCUT2D eigenvalue weighted by Gasteiger charge is 2.12. The molecule has 1 aromatic heterocycles. The number of carbonyl (C=O) groups is 1. The highest BCUT2D eigenvalue weighted by molar-refractivity contribution is 6.32. The van der Waals surface area contributed by atoms with Crippen LogP contribution in [0.25, 0.3) is 0 Å². The molecule has 110 valence electrons. The van der Waals surface area contributed by atoms with E-state index in [4.69, 9.17) is 21.4 Å². The average molecular weight is 306 g/mol. The Kier molecular flexibility index (Phi) is 4.48. The number of nitrogens with zero attached hydrogens (tertiary/aromatic N) is 1. The third kappa shape index (κ3) is 3.52. The smallest absolute Gasteiger partial charge is 0.337 e. The van der Waals surface area contributed by atoms with Gasteiger partial charge in [0.1, 0.15) is 10.8 Å². The van der Waals surface area contributed by atoms with Crippen molar-refractivity contribution in [3.8, 4) is 11.6 Å². The van der Waals surface area contributed by atoms with Crippen molar-refractivity contribution in [1.82, 2.24) is 4.98 Å². The maximum Gasteiger partial charge on any atom is 0.337 e. The Bertz CT molecular complexity index is 683. The molecule has 2 aromatic rings. The number of halogens is 1. The van der Waals surface area contributed by atoms with Crippen LogP contribution in [-0.2, 0) is 0 Å². The molecular formula is C16H16ClNO3. The minimum absolute atomic E-state index is 0.0278. The van der Waals surface area contributed by atoms with E-state index < -0.39 is 5.97 Å². The van der Waals surface area contributed by atoms with Gasteiger partial charge in [-0.05, 0) is 36.1 Å². The molecule has 1 aromatic carbocycles. The summed E-state index contributed by atoms with van der Waals surface area (Å²) in [6.45, 7) is 6.13. The summed E-state index contributed by atoms with van der Waals surface area (Å²) in [4.78, 5) is 14.8. The normalized spacial score (nSPS) is 10.7. The Morgan fingerprint density at radius 3 is 2.62 bits per heavy atom. The number of carboxylic acids is 1. The van der Waals surface area contributed by atoms with Crippen molar-refractivity contribution in [3.63, 3.8) is 0 Å². The number of aromatic carboxylic acids is 1. The van der Waals surface area contributed by atoms with Crippen molar-refractivity contribution in [2.24, 2.45) is 0 Å². The van der Waals surface area contributed by atoms with Crippen LogP contribution < -0.4 is 4.74 Å². The van der Waals surface area contributed by atoms with Gasteiger partial charge in [0.2, 0.25) is 5.88 Å². The van der Waals surface area contributed by atoms with Gasteiger partial charge in [0.05, 0.1) is 5.56 Å². The molecule has 0 aliphatic rings. The number of rotatable bonds is 4. The lowest BCUT2D eigenvalue weighted by atomic mass is 10.0. The number of ether oxygens (including phenoxy) is 1. The first-order valence-electron chi connectivity index (χ1n) is 6.55. The SMILES string of the molecule is Cc1ccc(C(C)C)cc1Oc1ncc(C(=O)O)cc1Cl. The predicted molar refractivity (Wildman–Crippen MR) is 81.5 cm³/mol. The summed E-state index contributed by atoms with van der Waals surface area (Å²) in [6, 6.07) is 7.30. The first-order chi connectivity index (χ1) is 9.88. The predicted octanol–water partition coefficient (Wildman–Crippen LogP) is 4.66. The number of hydrogen-bond acceptors (Lipinski definition) is 3. The van der Waals surface area contributed by atoms with Crippen molar-refractivity contribution in [2.45, 2.75) is 26.7 Å². The van der Waals surface area contributed by atoms with E-state index in [1.54, 1.807) is 0 Å². The molecular weight excluding hydrogens is 290 g/mol. The fourth-order valence-electron chi connectivity index (χ4n) is 1.81. The first-order valence-corrected chi connectivity index (χ1v) is 6.93. The third-order valence-corrected chi connectivity index (χ3v) is 3.41. The summed E-state index contributed by atoms with van der Waals surface area (Å²) in [5, 5.41) is 9.06. The lowest BCUT2D eigenvalue weighted by molar-refractivity contribution is 0.0696. The highest BCUT2D eigenvalue weighted by Crippen LogP contribution is 2.31. The Balaban J connectivity index is 2.34. The molecule has 2 rings (SSSR count). The molecule has 0 amide bonds. The molecule has 0 fully saturated rings. The van der Waals surface area contributed by atoms with Crippen molar-refractivity contribution in [3.05, 3.63) is 52.2 Å². The van der Waals surface area contributed by atoms with E-state index in [9.17, 15) is 4.79 Å². The zero-order valence-electron chi connectivity index (χ0n) is 12.1. The molecule has 0 aliphatic heterocycles. The first kappa shape index (κ1) is 15.3. The van der Waals surface area contributed by atoms with E-state index >= 15 is 0 Å². The maximum absolute atomic E-state index is 10.9. The molecule has 0 radical (unpaired) electrons. The lowest BCUT2D eigenvalue weighted by Crippen LogP contribution is -1.99. The number of pyridine rings is 1. The van der Waals surface area contributed by atoms with Crippen LogP contribution in [0.4, 0.5) is 0 Å². The second-order valence-electron chi connectivity index (χ2n) is 5.10. The summed E-state index contributed by atoms with van der Waals surface area (Å²) in [5.74, 6) is 0.170. The quantitative estimate of drug-likeness (QED) is 0.892. The molecule has 0 saturated heterocycles. The van der Waals surface area contributed by atoms with Crippen molar-refractivity contribution in [2.75, 3.05) is 0 Å². The van der Waals surface area contributed by atoms with Gasteiger partial charge in [0, 0.05) is 6.20 Å². The molecule has 0 bridgehead atoms. The zero-order chi connectivity index (χ0) is 15.6. The lowest BCUT2D eigenvalue weighted by Gasteiger charge is -2.12. The van der Waals surface area contributed by atoms with Gasteiger partial charge in [-0.1, -0.05) is 37.6 Å². The van der Waals surface area contributed by atoms with Gasteiger partial charge in [-0.15, -0.1) is 0 Å². The van der Waals surface area contributed by atoms with E-state index in [1.807, 2.05) is 19.1 Å². The van der Waals surface area contributed by atoms with Gasteiger partial charge in [-0.25, -0.2) is 9.78 Å². The Morgan fingerprint density at radius 1 is 1.33 bits per heavy atom.